The van der Waals surface area contributed by atoms with Gasteiger partial charge < -0.3 is 0 Å². The van der Waals surface area contributed by atoms with Crippen LogP contribution in [0.3, 0.4) is 0 Å². The Labute approximate surface area is 99.2 Å². The average molecular weight is 284 g/mol. The Hall–Kier alpha value is 0.650. The summed E-state index contributed by atoms with van der Waals surface area (Å²) in [6, 6.07) is 0. The fraction of sp³-hybridized carbons (Fsp3) is 1.00. The highest BCUT2D eigenvalue weighted by atomic mass is 35.6. The van der Waals surface area contributed by atoms with E-state index >= 15 is 0 Å². The molecule has 0 saturated carbocycles. The third-order valence-electron chi connectivity index (χ3n) is 1.47. The fourth-order valence-corrected chi connectivity index (χ4v) is 1.32. The Bertz CT molecular complexity index is 254. The predicted octanol–water partition coefficient (Wildman–Crippen LogP) is 4.08. The zero-order valence-electron chi connectivity index (χ0n) is 6.18. The Kier molecular flexibility index (Phi) is 3.02. The maximum Gasteiger partial charge on any atom is 0.229 e. The molecule has 0 fully saturated rings. The summed E-state index contributed by atoms with van der Waals surface area (Å²) in [6.45, 7) is 1.45. The van der Waals surface area contributed by atoms with E-state index in [0.29, 0.717) is 0 Å². The van der Waals surface area contributed by atoms with Crippen molar-refractivity contribution >= 4 is 58.0 Å². The van der Waals surface area contributed by atoms with Crippen LogP contribution in [0.25, 0.3) is 0 Å². The van der Waals surface area contributed by atoms with E-state index in [4.69, 9.17) is 58.0 Å². The van der Waals surface area contributed by atoms with Gasteiger partial charge in [0.2, 0.25) is 13.8 Å². The van der Waals surface area contributed by atoms with Crippen LogP contribution in [0, 0.1) is 0 Å². The molecule has 0 unspecified atom stereocenters. The van der Waals surface area contributed by atoms with E-state index < -0.39 is 13.8 Å². The first-order valence-electron chi connectivity index (χ1n) is 2.99. The second-order valence-electron chi connectivity index (χ2n) is 2.47. The van der Waals surface area contributed by atoms with Crippen molar-refractivity contribution in [3.8, 4) is 0 Å². The molecule has 0 amide bonds. The molecule has 0 aromatic carbocycles. The molecule has 0 spiro atoms. The highest BCUT2D eigenvalue weighted by molar-refractivity contribution is 6.75. The highest BCUT2D eigenvalue weighted by Crippen LogP contribution is 2.54. The minimum absolute atomic E-state index is 1.37. The van der Waals surface area contributed by atoms with Crippen molar-refractivity contribution in [3.63, 3.8) is 0 Å². The van der Waals surface area contributed by atoms with Gasteiger partial charge in [0, 0.05) is 0 Å². The lowest BCUT2D eigenvalue weighted by atomic mass is 10.1. The van der Waals surface area contributed by atoms with Crippen molar-refractivity contribution in [1.82, 2.24) is 0 Å². The summed E-state index contributed by atoms with van der Waals surface area (Å²) in [5.74, 6) is 0. The van der Waals surface area contributed by atoms with Crippen LogP contribution in [0.15, 0.2) is 20.7 Å². The maximum atomic E-state index is 5.82. The van der Waals surface area contributed by atoms with Gasteiger partial charge in [-0.25, -0.2) is 0 Å². The van der Waals surface area contributed by atoms with Gasteiger partial charge >= 0.3 is 0 Å². The molecule has 0 aromatic rings. The standard InChI is InChI=1S/C4H3Cl5N4/c1-2(10-12-13-11-2)3(5,6)4(7,8)9/h1H3. The number of rotatable bonds is 1. The average Bonchev–Trinajstić information content (AvgIpc) is 2.35. The van der Waals surface area contributed by atoms with Crippen LogP contribution in [0.4, 0.5) is 0 Å². The molecular weight excluding hydrogens is 281 g/mol. The quantitative estimate of drug-likeness (QED) is 0.651. The third-order valence-corrected chi connectivity index (χ3v) is 4.18. The van der Waals surface area contributed by atoms with E-state index in [9.17, 15) is 0 Å². The van der Waals surface area contributed by atoms with E-state index in [-0.39, 0.29) is 0 Å². The van der Waals surface area contributed by atoms with Gasteiger partial charge in [-0.15, -0.1) is 10.2 Å². The first kappa shape index (κ1) is 11.7. The number of nitrogens with zero attached hydrogens (tertiary/aromatic N) is 4. The Morgan fingerprint density at radius 3 is 1.62 bits per heavy atom. The second-order valence-corrected chi connectivity index (χ2v) is 6.08. The Morgan fingerprint density at radius 2 is 1.31 bits per heavy atom. The number of halogens is 5. The molecule has 0 aliphatic carbocycles. The van der Waals surface area contributed by atoms with Crippen molar-refractivity contribution in [2.24, 2.45) is 20.7 Å². The molecular formula is C4H3Cl5N4. The van der Waals surface area contributed by atoms with Gasteiger partial charge in [0.1, 0.15) is 0 Å². The molecule has 1 aliphatic rings. The Morgan fingerprint density at radius 1 is 0.923 bits per heavy atom. The van der Waals surface area contributed by atoms with E-state index in [1.165, 1.54) is 6.92 Å². The van der Waals surface area contributed by atoms with Crippen LogP contribution < -0.4 is 0 Å². The minimum atomic E-state index is -1.94. The molecule has 0 N–H and O–H groups in total. The molecule has 1 rings (SSSR count). The van der Waals surface area contributed by atoms with Crippen molar-refractivity contribution in [2.45, 2.75) is 20.7 Å². The topological polar surface area (TPSA) is 49.4 Å². The lowest BCUT2D eigenvalue weighted by Gasteiger charge is -2.34. The first-order valence-corrected chi connectivity index (χ1v) is 4.88. The van der Waals surface area contributed by atoms with Crippen molar-refractivity contribution < 1.29 is 0 Å². The van der Waals surface area contributed by atoms with Gasteiger partial charge in [0.15, 0.2) is 0 Å². The zero-order chi connectivity index (χ0) is 10.3. The molecule has 0 aromatic heterocycles. The summed E-state index contributed by atoms with van der Waals surface area (Å²) in [5.41, 5.74) is -1.37. The molecule has 4 nitrogen and oxygen atoms in total. The number of hydrogen-bond acceptors (Lipinski definition) is 4. The first-order chi connectivity index (χ1) is 5.71. The fourth-order valence-electron chi connectivity index (χ4n) is 0.628. The van der Waals surface area contributed by atoms with Gasteiger partial charge in [-0.2, -0.15) is 0 Å². The van der Waals surface area contributed by atoms with Gasteiger partial charge in [0.05, 0.1) is 0 Å². The molecule has 0 saturated heterocycles. The summed E-state index contributed by atoms with van der Waals surface area (Å²) < 4.78 is -3.76. The lowest BCUT2D eigenvalue weighted by Crippen LogP contribution is -2.48. The van der Waals surface area contributed by atoms with E-state index in [2.05, 4.69) is 20.7 Å². The minimum Gasteiger partial charge on any atom is -0.132 e. The monoisotopic (exact) mass is 282 g/mol. The summed E-state index contributed by atoms with van der Waals surface area (Å²) >= 11 is 28.3. The van der Waals surface area contributed by atoms with Crippen molar-refractivity contribution in [1.29, 1.82) is 0 Å². The van der Waals surface area contributed by atoms with Gasteiger partial charge in [-0.1, -0.05) is 58.0 Å². The predicted molar refractivity (Wildman–Crippen MR) is 52.8 cm³/mol. The maximum absolute atomic E-state index is 5.82. The summed E-state index contributed by atoms with van der Waals surface area (Å²) in [7, 11) is 0. The summed E-state index contributed by atoms with van der Waals surface area (Å²) in [5, 5.41) is 13.7. The van der Waals surface area contributed by atoms with Crippen molar-refractivity contribution in [3.05, 3.63) is 0 Å². The number of hydrogen-bond donors (Lipinski definition) is 0. The molecule has 0 atom stereocenters. The van der Waals surface area contributed by atoms with Gasteiger partial charge in [-0.3, -0.25) is 0 Å². The van der Waals surface area contributed by atoms with Crippen LogP contribution >= 0.6 is 58.0 Å². The molecule has 74 valence electrons. The molecule has 9 heteroatoms. The molecule has 1 aliphatic heterocycles. The highest BCUT2D eigenvalue weighted by Gasteiger charge is 2.61. The third kappa shape index (κ3) is 1.88. The second kappa shape index (κ2) is 3.35. The van der Waals surface area contributed by atoms with Gasteiger partial charge in [0.25, 0.3) is 0 Å². The molecule has 13 heavy (non-hydrogen) atoms. The van der Waals surface area contributed by atoms with Crippen LogP contribution in [-0.4, -0.2) is 13.8 Å². The van der Waals surface area contributed by atoms with Crippen LogP contribution in [0.5, 0.6) is 0 Å². The lowest BCUT2D eigenvalue weighted by molar-refractivity contribution is 0.428. The number of alkyl halides is 5. The smallest absolute Gasteiger partial charge is 0.132 e. The molecule has 0 radical (unpaired) electrons. The molecule has 1 heterocycles. The van der Waals surface area contributed by atoms with E-state index in [1.54, 1.807) is 0 Å². The summed E-state index contributed by atoms with van der Waals surface area (Å²) in [6.07, 6.45) is 0. The largest absolute Gasteiger partial charge is 0.229 e. The van der Waals surface area contributed by atoms with E-state index in [0.717, 1.165) is 0 Å². The zero-order valence-corrected chi connectivity index (χ0v) is 9.96. The normalized spacial score (nSPS) is 21.1. The van der Waals surface area contributed by atoms with Crippen molar-refractivity contribution in [2.75, 3.05) is 0 Å². The molecule has 0 bridgehead atoms. The van der Waals surface area contributed by atoms with Crippen LogP contribution in [0.1, 0.15) is 6.92 Å². The van der Waals surface area contributed by atoms with Crippen LogP contribution in [-0.2, 0) is 0 Å². The van der Waals surface area contributed by atoms with Crippen LogP contribution in [0.2, 0.25) is 0 Å². The Balaban J connectivity index is 3.06. The summed E-state index contributed by atoms with van der Waals surface area (Å²) in [4.78, 5) is 0. The SMILES string of the molecule is CC1(C(Cl)(Cl)C(Cl)(Cl)Cl)N=NN=N1. The van der Waals surface area contributed by atoms with E-state index in [1.807, 2.05) is 0 Å². The van der Waals surface area contributed by atoms with Gasteiger partial charge in [-0.05, 0) is 17.4 Å².